The molecule has 1 saturated heterocycles. The number of rotatable bonds is 3. The Bertz CT molecular complexity index is 411. The first kappa shape index (κ1) is 14.2. The van der Waals surface area contributed by atoms with Gasteiger partial charge in [0.2, 0.25) is 5.91 Å². The first-order valence-corrected chi connectivity index (χ1v) is 8.84. The Labute approximate surface area is 125 Å². The van der Waals surface area contributed by atoms with Gasteiger partial charge in [0.05, 0.1) is 0 Å². The van der Waals surface area contributed by atoms with Crippen LogP contribution >= 0.6 is 11.8 Å². The standard InChI is InChI=1S/C15H25N3OS/c1-10-5-7-15(8-6-10)9-20-14(18-15)16-11(2)13(19)17-12-3-4-12/h10-12H,3-9H2,1-2H3,(H,16,18)(H,17,19). The topological polar surface area (TPSA) is 53.5 Å². The van der Waals surface area contributed by atoms with Crippen LogP contribution in [0.25, 0.3) is 0 Å². The van der Waals surface area contributed by atoms with Gasteiger partial charge >= 0.3 is 0 Å². The van der Waals surface area contributed by atoms with Crippen molar-refractivity contribution in [3.63, 3.8) is 0 Å². The molecule has 0 radical (unpaired) electrons. The zero-order chi connectivity index (χ0) is 14.2. The van der Waals surface area contributed by atoms with Crippen molar-refractivity contribution in [2.45, 2.75) is 70.0 Å². The van der Waals surface area contributed by atoms with Crippen LogP contribution < -0.4 is 10.6 Å². The first-order valence-electron chi connectivity index (χ1n) is 7.85. The maximum absolute atomic E-state index is 11.9. The third-order valence-electron chi connectivity index (χ3n) is 4.70. The summed E-state index contributed by atoms with van der Waals surface area (Å²) in [5.74, 6) is 2.03. The lowest BCUT2D eigenvalue weighted by molar-refractivity contribution is -0.122. The molecule has 1 amide bonds. The van der Waals surface area contributed by atoms with Crippen molar-refractivity contribution < 1.29 is 4.79 Å². The van der Waals surface area contributed by atoms with Crippen LogP contribution in [0.3, 0.4) is 0 Å². The summed E-state index contributed by atoms with van der Waals surface area (Å²) in [7, 11) is 0. The Kier molecular flexibility index (Phi) is 3.98. The molecule has 3 fully saturated rings. The summed E-state index contributed by atoms with van der Waals surface area (Å²) in [6.45, 7) is 4.23. The minimum absolute atomic E-state index is 0.0700. The number of amidine groups is 1. The molecule has 1 aliphatic heterocycles. The predicted molar refractivity (Wildman–Crippen MR) is 84.0 cm³/mol. The SMILES string of the molecule is CC1CCC2(CC1)CSC(=NC(C)C(=O)NC1CC1)N2. The quantitative estimate of drug-likeness (QED) is 0.840. The van der Waals surface area contributed by atoms with E-state index in [1.165, 1.54) is 25.7 Å². The second-order valence-corrected chi connectivity index (χ2v) is 7.73. The molecule has 3 aliphatic rings. The van der Waals surface area contributed by atoms with Crippen molar-refractivity contribution in [1.82, 2.24) is 10.6 Å². The van der Waals surface area contributed by atoms with E-state index in [0.29, 0.717) is 6.04 Å². The van der Waals surface area contributed by atoms with Gasteiger partial charge in [-0.3, -0.25) is 4.79 Å². The van der Waals surface area contributed by atoms with E-state index in [0.717, 1.165) is 29.7 Å². The van der Waals surface area contributed by atoms with Gasteiger partial charge in [0.25, 0.3) is 0 Å². The number of carbonyl (C=O) groups excluding carboxylic acids is 1. The van der Waals surface area contributed by atoms with Crippen LogP contribution in [0.2, 0.25) is 0 Å². The van der Waals surface area contributed by atoms with Crippen LogP contribution in [-0.2, 0) is 4.79 Å². The number of hydrogen-bond donors (Lipinski definition) is 2. The lowest BCUT2D eigenvalue weighted by atomic mass is 9.78. The summed E-state index contributed by atoms with van der Waals surface area (Å²) in [4.78, 5) is 16.5. The van der Waals surface area contributed by atoms with Gasteiger partial charge in [0, 0.05) is 17.3 Å². The Morgan fingerprint density at radius 2 is 2.10 bits per heavy atom. The van der Waals surface area contributed by atoms with E-state index in [1.54, 1.807) is 11.8 Å². The van der Waals surface area contributed by atoms with Crippen molar-refractivity contribution in [2.24, 2.45) is 10.9 Å². The predicted octanol–water partition coefficient (Wildman–Crippen LogP) is 2.29. The maximum atomic E-state index is 11.9. The molecule has 3 rings (SSSR count). The summed E-state index contributed by atoms with van der Waals surface area (Å²) in [6, 6.07) is 0.142. The molecule has 2 aliphatic carbocycles. The summed E-state index contributed by atoms with van der Waals surface area (Å²) in [6.07, 6.45) is 7.34. The van der Waals surface area contributed by atoms with Gasteiger partial charge < -0.3 is 10.6 Å². The molecule has 4 nitrogen and oxygen atoms in total. The van der Waals surface area contributed by atoms with E-state index in [4.69, 9.17) is 0 Å². The molecule has 1 spiro atoms. The van der Waals surface area contributed by atoms with E-state index < -0.39 is 0 Å². The zero-order valence-electron chi connectivity index (χ0n) is 12.4. The summed E-state index contributed by atoms with van der Waals surface area (Å²) < 4.78 is 0. The van der Waals surface area contributed by atoms with Gasteiger partial charge in [-0.1, -0.05) is 18.7 Å². The average molecular weight is 295 g/mol. The lowest BCUT2D eigenvalue weighted by Gasteiger charge is -2.35. The molecule has 5 heteroatoms. The monoisotopic (exact) mass is 295 g/mol. The smallest absolute Gasteiger partial charge is 0.244 e. The van der Waals surface area contributed by atoms with Gasteiger partial charge in [0.15, 0.2) is 5.17 Å². The fourth-order valence-electron chi connectivity index (χ4n) is 2.94. The highest BCUT2D eigenvalue weighted by Crippen LogP contribution is 2.38. The molecule has 112 valence electrons. The molecular formula is C15H25N3OS. The number of hydrogen-bond acceptors (Lipinski definition) is 3. The maximum Gasteiger partial charge on any atom is 0.244 e. The highest BCUT2D eigenvalue weighted by Gasteiger charge is 2.40. The van der Waals surface area contributed by atoms with E-state index in [9.17, 15) is 4.79 Å². The fourth-order valence-corrected chi connectivity index (χ4v) is 4.24. The van der Waals surface area contributed by atoms with Crippen LogP contribution in [0.1, 0.15) is 52.4 Å². The third-order valence-corrected chi connectivity index (χ3v) is 5.88. The number of thioether (sulfide) groups is 1. The minimum Gasteiger partial charge on any atom is -0.359 e. The Balaban J connectivity index is 1.55. The summed E-state index contributed by atoms with van der Waals surface area (Å²) >= 11 is 1.79. The van der Waals surface area contributed by atoms with Crippen LogP contribution in [0, 0.1) is 5.92 Å². The molecule has 0 aromatic heterocycles. The number of aliphatic imine (C=N–C) groups is 1. The second kappa shape index (κ2) is 5.58. The van der Waals surface area contributed by atoms with Crippen LogP contribution in [-0.4, -0.2) is 34.5 Å². The van der Waals surface area contributed by atoms with Crippen molar-refractivity contribution in [3.8, 4) is 0 Å². The normalized spacial score (nSPS) is 36.9. The number of nitrogens with zero attached hydrogens (tertiary/aromatic N) is 1. The number of carbonyl (C=O) groups is 1. The van der Waals surface area contributed by atoms with Crippen molar-refractivity contribution in [3.05, 3.63) is 0 Å². The molecule has 1 unspecified atom stereocenters. The van der Waals surface area contributed by atoms with Crippen molar-refractivity contribution in [2.75, 3.05) is 5.75 Å². The van der Waals surface area contributed by atoms with Gasteiger partial charge in [-0.25, -0.2) is 4.99 Å². The fraction of sp³-hybridized carbons (Fsp3) is 0.867. The Hall–Kier alpha value is -0.710. The lowest BCUT2D eigenvalue weighted by Crippen LogP contribution is -2.46. The largest absolute Gasteiger partial charge is 0.359 e. The number of amides is 1. The molecule has 0 bridgehead atoms. The van der Waals surface area contributed by atoms with E-state index >= 15 is 0 Å². The van der Waals surface area contributed by atoms with Crippen LogP contribution in [0.15, 0.2) is 4.99 Å². The first-order chi connectivity index (χ1) is 9.56. The molecule has 0 aromatic rings. The number of nitrogens with one attached hydrogen (secondary N) is 2. The van der Waals surface area contributed by atoms with Gasteiger partial charge in [-0.15, -0.1) is 0 Å². The van der Waals surface area contributed by atoms with Gasteiger partial charge in [0.1, 0.15) is 6.04 Å². The molecular weight excluding hydrogens is 270 g/mol. The van der Waals surface area contributed by atoms with Crippen molar-refractivity contribution >= 4 is 22.8 Å². The van der Waals surface area contributed by atoms with E-state index in [-0.39, 0.29) is 17.5 Å². The molecule has 1 heterocycles. The van der Waals surface area contributed by atoms with Crippen LogP contribution in [0.4, 0.5) is 0 Å². The third kappa shape index (κ3) is 3.30. The van der Waals surface area contributed by atoms with Crippen molar-refractivity contribution in [1.29, 1.82) is 0 Å². The summed E-state index contributed by atoms with van der Waals surface area (Å²) in [5, 5.41) is 7.61. The van der Waals surface area contributed by atoms with E-state index in [1.807, 2.05) is 6.92 Å². The van der Waals surface area contributed by atoms with Gasteiger partial charge in [-0.2, -0.15) is 0 Å². The summed E-state index contributed by atoms with van der Waals surface area (Å²) in [5.41, 5.74) is 0.253. The Morgan fingerprint density at radius 1 is 1.40 bits per heavy atom. The van der Waals surface area contributed by atoms with E-state index in [2.05, 4.69) is 22.5 Å². The Morgan fingerprint density at radius 3 is 2.75 bits per heavy atom. The molecule has 0 aromatic carbocycles. The minimum atomic E-state index is -0.275. The molecule has 1 atom stereocenters. The van der Waals surface area contributed by atoms with Crippen LogP contribution in [0.5, 0.6) is 0 Å². The molecule has 2 N–H and O–H groups in total. The highest BCUT2D eigenvalue weighted by molar-refractivity contribution is 8.14. The average Bonchev–Trinajstić information content (AvgIpc) is 3.15. The van der Waals surface area contributed by atoms with Gasteiger partial charge in [-0.05, 0) is 51.4 Å². The second-order valence-electron chi connectivity index (χ2n) is 6.77. The molecule has 20 heavy (non-hydrogen) atoms. The highest BCUT2D eigenvalue weighted by atomic mass is 32.2. The zero-order valence-corrected chi connectivity index (χ0v) is 13.3. The molecule has 2 saturated carbocycles.